The van der Waals surface area contributed by atoms with Gasteiger partial charge < -0.3 is 30.2 Å². The average molecular weight is 575 g/mol. The maximum Gasteiger partial charge on any atom is 0.236 e. The van der Waals surface area contributed by atoms with Crippen LogP contribution in [0.3, 0.4) is 0 Å². The van der Waals surface area contributed by atoms with Crippen molar-refractivity contribution in [3.05, 3.63) is 60.4 Å². The van der Waals surface area contributed by atoms with Crippen LogP contribution in [-0.4, -0.2) is 78.3 Å². The lowest BCUT2D eigenvalue weighted by molar-refractivity contribution is 0.234. The molecule has 5 aromatic rings. The number of aromatic nitrogens is 4. The van der Waals surface area contributed by atoms with Gasteiger partial charge in [0.25, 0.3) is 0 Å². The minimum absolute atomic E-state index is 0.367. The highest BCUT2D eigenvalue weighted by molar-refractivity contribution is 7.89. The molecule has 1 saturated heterocycles. The summed E-state index contributed by atoms with van der Waals surface area (Å²) in [5.41, 5.74) is 4.83. The molecule has 0 unspecified atom stereocenters. The number of hydrogen-bond acceptors (Lipinski definition) is 9. The van der Waals surface area contributed by atoms with E-state index in [9.17, 15) is 8.42 Å². The zero-order valence-corrected chi connectivity index (χ0v) is 24.6. The molecule has 12 heteroatoms. The number of benzene rings is 2. The van der Waals surface area contributed by atoms with Crippen LogP contribution >= 0.6 is 0 Å². The number of methoxy groups -OCH3 is 1. The summed E-state index contributed by atoms with van der Waals surface area (Å²) in [7, 11) is 0.316. The Morgan fingerprint density at radius 1 is 1.07 bits per heavy atom. The SMILES string of the molecule is COc1cc(N2CCN(C)[C@H](C)C2)c(C)cc1Nc1nc(Nc2cccc3ccn(S(C)(=O)=O)c23)c2cc[nH]c2n1. The lowest BCUT2D eigenvalue weighted by Crippen LogP contribution is -2.50. The van der Waals surface area contributed by atoms with Gasteiger partial charge in [0.1, 0.15) is 17.2 Å². The van der Waals surface area contributed by atoms with Gasteiger partial charge in [0.15, 0.2) is 0 Å². The van der Waals surface area contributed by atoms with Gasteiger partial charge in [0.2, 0.25) is 16.0 Å². The van der Waals surface area contributed by atoms with E-state index in [0.29, 0.717) is 40.4 Å². The van der Waals surface area contributed by atoms with E-state index in [4.69, 9.17) is 9.72 Å². The molecule has 0 aliphatic carbocycles. The Hall–Kier alpha value is -4.29. The predicted octanol–water partition coefficient (Wildman–Crippen LogP) is 4.66. The number of piperazine rings is 1. The number of nitrogens with zero attached hydrogens (tertiary/aromatic N) is 5. The minimum Gasteiger partial charge on any atom is -0.494 e. The second-order valence-corrected chi connectivity index (χ2v) is 12.5. The molecule has 214 valence electrons. The van der Waals surface area contributed by atoms with E-state index in [-0.39, 0.29) is 0 Å². The van der Waals surface area contributed by atoms with Gasteiger partial charge in [-0.05, 0) is 50.7 Å². The summed E-state index contributed by atoms with van der Waals surface area (Å²) >= 11 is 0. The number of ether oxygens (including phenoxy) is 1. The van der Waals surface area contributed by atoms with Crippen molar-refractivity contribution in [2.24, 2.45) is 0 Å². The van der Waals surface area contributed by atoms with Crippen molar-refractivity contribution in [2.45, 2.75) is 19.9 Å². The lowest BCUT2D eigenvalue weighted by atomic mass is 10.1. The summed E-state index contributed by atoms with van der Waals surface area (Å²) in [6.45, 7) is 7.25. The Balaban J connectivity index is 1.36. The fourth-order valence-corrected chi connectivity index (χ4v) is 6.25. The van der Waals surface area contributed by atoms with E-state index < -0.39 is 10.0 Å². The van der Waals surface area contributed by atoms with E-state index in [0.717, 1.165) is 47.3 Å². The van der Waals surface area contributed by atoms with Crippen LogP contribution in [0.4, 0.5) is 28.8 Å². The Morgan fingerprint density at radius 2 is 1.90 bits per heavy atom. The van der Waals surface area contributed by atoms with Crippen molar-refractivity contribution in [3.63, 3.8) is 0 Å². The lowest BCUT2D eigenvalue weighted by Gasteiger charge is -2.39. The first kappa shape index (κ1) is 26.9. The maximum absolute atomic E-state index is 12.5. The number of para-hydroxylation sites is 1. The minimum atomic E-state index is -3.51. The molecule has 11 nitrogen and oxygen atoms in total. The van der Waals surface area contributed by atoms with Crippen molar-refractivity contribution >= 4 is 60.8 Å². The molecular weight excluding hydrogens is 540 g/mol. The number of fused-ring (bicyclic) bond motifs is 2. The van der Waals surface area contributed by atoms with Crippen molar-refractivity contribution < 1.29 is 13.2 Å². The molecule has 1 atom stereocenters. The molecule has 0 amide bonds. The molecule has 0 spiro atoms. The van der Waals surface area contributed by atoms with Crippen molar-refractivity contribution in [3.8, 4) is 5.75 Å². The fourth-order valence-electron chi connectivity index (χ4n) is 5.43. The maximum atomic E-state index is 12.5. The highest BCUT2D eigenvalue weighted by Crippen LogP contribution is 2.36. The molecule has 0 saturated carbocycles. The van der Waals surface area contributed by atoms with Crippen molar-refractivity contribution in [2.75, 3.05) is 55.6 Å². The average Bonchev–Trinajstić information content (AvgIpc) is 3.59. The summed E-state index contributed by atoms with van der Waals surface area (Å²) in [5, 5.41) is 8.28. The molecule has 2 aromatic carbocycles. The van der Waals surface area contributed by atoms with Crippen LogP contribution in [0.5, 0.6) is 5.75 Å². The van der Waals surface area contributed by atoms with E-state index in [1.165, 1.54) is 10.2 Å². The van der Waals surface area contributed by atoms with Gasteiger partial charge in [-0.2, -0.15) is 9.97 Å². The van der Waals surface area contributed by atoms with E-state index in [1.54, 1.807) is 25.6 Å². The van der Waals surface area contributed by atoms with Crippen molar-refractivity contribution in [1.82, 2.24) is 23.8 Å². The molecule has 3 N–H and O–H groups in total. The summed E-state index contributed by atoms with van der Waals surface area (Å²) in [6.07, 6.45) is 4.54. The molecule has 0 bridgehead atoms. The van der Waals surface area contributed by atoms with Crippen molar-refractivity contribution in [1.29, 1.82) is 0 Å². The predicted molar refractivity (Wildman–Crippen MR) is 165 cm³/mol. The number of hydrogen-bond donors (Lipinski definition) is 3. The summed E-state index contributed by atoms with van der Waals surface area (Å²) in [6, 6.07) is 13.8. The van der Waals surface area contributed by atoms with Gasteiger partial charge in [0, 0.05) is 55.2 Å². The summed E-state index contributed by atoms with van der Waals surface area (Å²) in [4.78, 5) is 17.4. The van der Waals surface area contributed by atoms with Gasteiger partial charge in [-0.3, -0.25) is 0 Å². The van der Waals surface area contributed by atoms with Crippen LogP contribution in [0.15, 0.2) is 54.9 Å². The van der Waals surface area contributed by atoms with E-state index in [2.05, 4.69) is 63.4 Å². The smallest absolute Gasteiger partial charge is 0.236 e. The molecule has 6 rings (SSSR count). The summed E-state index contributed by atoms with van der Waals surface area (Å²) in [5.74, 6) is 1.59. The zero-order chi connectivity index (χ0) is 28.9. The van der Waals surface area contributed by atoms with Crippen LogP contribution in [0.25, 0.3) is 21.9 Å². The highest BCUT2D eigenvalue weighted by atomic mass is 32.2. The van der Waals surface area contributed by atoms with Crippen LogP contribution in [-0.2, 0) is 10.0 Å². The normalized spacial score (nSPS) is 16.4. The van der Waals surface area contributed by atoms with Crippen LogP contribution in [0.1, 0.15) is 12.5 Å². The van der Waals surface area contributed by atoms with Crippen LogP contribution in [0, 0.1) is 6.92 Å². The Labute approximate surface area is 239 Å². The number of aryl methyl sites for hydroxylation is 1. The first-order valence-corrected chi connectivity index (χ1v) is 15.3. The topological polar surface area (TPSA) is 120 Å². The van der Waals surface area contributed by atoms with Crippen LogP contribution in [0.2, 0.25) is 0 Å². The monoisotopic (exact) mass is 574 g/mol. The van der Waals surface area contributed by atoms with Gasteiger partial charge in [-0.25, -0.2) is 12.4 Å². The third-order valence-electron chi connectivity index (χ3n) is 7.77. The number of anilines is 5. The van der Waals surface area contributed by atoms with Gasteiger partial charge >= 0.3 is 0 Å². The highest BCUT2D eigenvalue weighted by Gasteiger charge is 2.23. The fraction of sp³-hybridized carbons (Fsp3) is 0.310. The molecule has 1 fully saturated rings. The van der Waals surface area contributed by atoms with E-state index >= 15 is 0 Å². The standard InChI is InChI=1S/C29H34N8O3S/c1-18-15-23(25(40-4)16-24(18)36-14-13-35(3)19(2)17-36)32-29-33-27-21(9-11-30-27)28(34-29)31-22-8-6-7-20-10-12-37(26(20)22)41(5,38)39/h6-12,15-16,19H,13-14,17H2,1-5H3,(H3,30,31,32,33,34)/t19-/m1/s1. The second kappa shape index (κ2) is 10.3. The quantitative estimate of drug-likeness (QED) is 0.255. The Bertz CT molecular complexity index is 1860. The number of likely N-dealkylation sites (N-methyl/N-ethyl adjacent to an activating group) is 1. The third kappa shape index (κ3) is 5.04. The molecule has 0 radical (unpaired) electrons. The largest absolute Gasteiger partial charge is 0.494 e. The molecule has 41 heavy (non-hydrogen) atoms. The Morgan fingerprint density at radius 3 is 2.66 bits per heavy atom. The molecule has 1 aliphatic rings. The summed E-state index contributed by atoms with van der Waals surface area (Å²) < 4.78 is 32.0. The molecule has 4 heterocycles. The first-order chi connectivity index (χ1) is 19.6. The molecular formula is C29H34N8O3S. The van der Waals surface area contributed by atoms with Gasteiger partial charge in [0.05, 0.1) is 35.6 Å². The molecule has 1 aliphatic heterocycles. The molecule has 3 aromatic heterocycles. The first-order valence-electron chi connectivity index (χ1n) is 13.5. The van der Waals surface area contributed by atoms with Crippen LogP contribution < -0.4 is 20.3 Å². The number of aromatic amines is 1. The Kier molecular flexibility index (Phi) is 6.74. The number of rotatable bonds is 7. The third-order valence-corrected chi connectivity index (χ3v) is 8.79. The van der Waals surface area contributed by atoms with Gasteiger partial charge in [-0.1, -0.05) is 12.1 Å². The second-order valence-electron chi connectivity index (χ2n) is 10.6. The van der Waals surface area contributed by atoms with E-state index in [1.807, 2.05) is 24.3 Å². The zero-order valence-electron chi connectivity index (χ0n) is 23.8. The number of H-pyrrole nitrogens is 1. The van der Waals surface area contributed by atoms with Gasteiger partial charge in [-0.15, -0.1) is 0 Å². The number of nitrogens with one attached hydrogen (secondary N) is 3.